The first kappa shape index (κ1) is 16.0. The molecule has 0 N–H and O–H groups in total. The molecule has 0 heteroatoms. The van der Waals surface area contributed by atoms with Crippen LogP contribution in [0.2, 0.25) is 0 Å². The van der Waals surface area contributed by atoms with Gasteiger partial charge in [-0.15, -0.1) is 0 Å². The van der Waals surface area contributed by atoms with Crippen LogP contribution in [0.1, 0.15) is 90.9 Å². The highest BCUT2D eigenvalue weighted by atomic mass is 14.1. The molecule has 1 atom stereocenters. The zero-order valence-electron chi connectivity index (χ0n) is 11.8. The minimum Gasteiger partial charge on any atom is -0.0654 e. The van der Waals surface area contributed by atoms with Gasteiger partial charge in [-0.3, -0.25) is 0 Å². The van der Waals surface area contributed by atoms with Gasteiger partial charge in [0.15, 0.2) is 0 Å². The molecule has 0 bridgehead atoms. The van der Waals surface area contributed by atoms with Crippen LogP contribution < -0.4 is 0 Å². The van der Waals surface area contributed by atoms with Crippen LogP contribution in [-0.2, 0) is 0 Å². The van der Waals surface area contributed by atoms with Gasteiger partial charge in [0, 0.05) is 0 Å². The lowest BCUT2D eigenvalue weighted by molar-refractivity contribution is 0.474. The van der Waals surface area contributed by atoms with E-state index in [4.69, 9.17) is 0 Å². The highest BCUT2D eigenvalue weighted by molar-refractivity contribution is 4.61. The minimum absolute atomic E-state index is 0.722. The molecular weight excluding hydrogens is 192 g/mol. The summed E-state index contributed by atoms with van der Waals surface area (Å²) in [6.45, 7) is 8.78. The molecule has 16 heavy (non-hydrogen) atoms. The van der Waals surface area contributed by atoms with Gasteiger partial charge in [0.1, 0.15) is 0 Å². The third kappa shape index (κ3) is 12.1. The summed E-state index contributed by atoms with van der Waals surface area (Å²) >= 11 is 0. The van der Waals surface area contributed by atoms with Gasteiger partial charge in [-0.25, -0.2) is 0 Å². The van der Waals surface area contributed by atoms with Crippen LogP contribution in [0.4, 0.5) is 0 Å². The van der Waals surface area contributed by atoms with E-state index in [0.29, 0.717) is 0 Å². The average molecular weight is 225 g/mol. The van der Waals surface area contributed by atoms with Crippen molar-refractivity contribution in [1.82, 2.24) is 0 Å². The van der Waals surface area contributed by atoms with E-state index in [1.54, 1.807) is 0 Å². The zero-order chi connectivity index (χ0) is 12.1. The van der Waals surface area contributed by atoms with Crippen molar-refractivity contribution in [3.8, 4) is 0 Å². The SMILES string of the molecule is [CH2]C(CCCC)CCCCCCCCCC. The van der Waals surface area contributed by atoms with Crippen LogP contribution >= 0.6 is 0 Å². The van der Waals surface area contributed by atoms with Gasteiger partial charge in [0.2, 0.25) is 0 Å². The van der Waals surface area contributed by atoms with Gasteiger partial charge in [0.25, 0.3) is 0 Å². The van der Waals surface area contributed by atoms with Gasteiger partial charge in [-0.2, -0.15) is 0 Å². The maximum Gasteiger partial charge on any atom is -0.0414 e. The quantitative estimate of drug-likeness (QED) is 0.349. The monoisotopic (exact) mass is 225 g/mol. The molecule has 0 aromatic heterocycles. The smallest absolute Gasteiger partial charge is 0.0414 e. The van der Waals surface area contributed by atoms with Crippen molar-refractivity contribution in [3.05, 3.63) is 6.92 Å². The Labute approximate surface area is 104 Å². The van der Waals surface area contributed by atoms with Crippen molar-refractivity contribution in [1.29, 1.82) is 0 Å². The number of hydrogen-bond donors (Lipinski definition) is 0. The molecule has 0 aromatic carbocycles. The van der Waals surface area contributed by atoms with Crippen LogP contribution in [0, 0.1) is 12.8 Å². The van der Waals surface area contributed by atoms with Crippen LogP contribution in [0.5, 0.6) is 0 Å². The highest BCUT2D eigenvalue weighted by Gasteiger charge is 2.00. The van der Waals surface area contributed by atoms with Gasteiger partial charge in [-0.1, -0.05) is 97.8 Å². The van der Waals surface area contributed by atoms with Crippen molar-refractivity contribution < 1.29 is 0 Å². The summed E-state index contributed by atoms with van der Waals surface area (Å²) in [6.07, 6.45) is 16.8. The first-order valence-electron chi connectivity index (χ1n) is 7.64. The van der Waals surface area contributed by atoms with Gasteiger partial charge in [-0.05, 0) is 5.92 Å². The van der Waals surface area contributed by atoms with Crippen molar-refractivity contribution in [3.63, 3.8) is 0 Å². The normalized spacial score (nSPS) is 12.9. The van der Waals surface area contributed by atoms with Crippen molar-refractivity contribution >= 4 is 0 Å². The molecule has 0 aliphatic heterocycles. The van der Waals surface area contributed by atoms with E-state index in [1.165, 1.54) is 77.0 Å². The topological polar surface area (TPSA) is 0 Å². The summed E-state index contributed by atoms with van der Waals surface area (Å²) in [7, 11) is 0. The molecule has 0 nitrogen and oxygen atoms in total. The fraction of sp³-hybridized carbons (Fsp3) is 0.938. The van der Waals surface area contributed by atoms with Gasteiger partial charge < -0.3 is 0 Å². The molecule has 0 spiro atoms. The number of hydrogen-bond acceptors (Lipinski definition) is 0. The Morgan fingerprint density at radius 1 is 0.625 bits per heavy atom. The Kier molecular flexibility index (Phi) is 13.1. The van der Waals surface area contributed by atoms with Crippen molar-refractivity contribution in [2.24, 2.45) is 5.92 Å². The maximum absolute atomic E-state index is 4.23. The molecule has 0 heterocycles. The molecule has 1 radical (unpaired) electrons. The number of rotatable bonds is 12. The predicted molar refractivity (Wildman–Crippen MR) is 75.6 cm³/mol. The van der Waals surface area contributed by atoms with E-state index < -0.39 is 0 Å². The van der Waals surface area contributed by atoms with Crippen LogP contribution in [0.25, 0.3) is 0 Å². The van der Waals surface area contributed by atoms with Crippen LogP contribution in [0.3, 0.4) is 0 Å². The van der Waals surface area contributed by atoms with Crippen molar-refractivity contribution in [2.75, 3.05) is 0 Å². The lowest BCUT2D eigenvalue weighted by Gasteiger charge is -2.09. The van der Waals surface area contributed by atoms with E-state index in [1.807, 2.05) is 0 Å². The first-order valence-corrected chi connectivity index (χ1v) is 7.64. The Balaban J connectivity index is 3.02. The molecule has 0 saturated carbocycles. The predicted octanol–water partition coefficient (Wildman–Crippen LogP) is 6.16. The average Bonchev–Trinajstić information content (AvgIpc) is 2.30. The van der Waals surface area contributed by atoms with E-state index >= 15 is 0 Å². The second-order valence-electron chi connectivity index (χ2n) is 5.27. The molecule has 97 valence electrons. The Hall–Kier alpha value is 0. The maximum atomic E-state index is 4.23. The first-order chi connectivity index (χ1) is 7.81. The van der Waals surface area contributed by atoms with E-state index in [9.17, 15) is 0 Å². The van der Waals surface area contributed by atoms with Gasteiger partial charge >= 0.3 is 0 Å². The molecule has 0 fully saturated rings. The van der Waals surface area contributed by atoms with E-state index in [-0.39, 0.29) is 0 Å². The van der Waals surface area contributed by atoms with Crippen molar-refractivity contribution in [2.45, 2.75) is 90.9 Å². The summed E-state index contributed by atoms with van der Waals surface area (Å²) in [5.41, 5.74) is 0. The largest absolute Gasteiger partial charge is 0.0654 e. The molecule has 0 aliphatic rings. The molecule has 1 unspecified atom stereocenters. The highest BCUT2D eigenvalue weighted by Crippen LogP contribution is 2.16. The second-order valence-corrected chi connectivity index (χ2v) is 5.27. The van der Waals surface area contributed by atoms with E-state index in [0.717, 1.165) is 5.92 Å². The summed E-state index contributed by atoms with van der Waals surface area (Å²) in [4.78, 5) is 0. The number of unbranched alkanes of at least 4 members (excludes halogenated alkanes) is 8. The summed E-state index contributed by atoms with van der Waals surface area (Å²) in [5, 5.41) is 0. The Morgan fingerprint density at radius 3 is 1.62 bits per heavy atom. The molecule has 0 amide bonds. The van der Waals surface area contributed by atoms with Crippen LogP contribution in [-0.4, -0.2) is 0 Å². The lowest BCUT2D eigenvalue weighted by atomic mass is 9.97. The van der Waals surface area contributed by atoms with Crippen LogP contribution in [0.15, 0.2) is 0 Å². The minimum atomic E-state index is 0.722. The summed E-state index contributed by atoms with van der Waals surface area (Å²) < 4.78 is 0. The third-order valence-electron chi connectivity index (χ3n) is 3.43. The molecule has 0 saturated heterocycles. The molecular formula is C16H33. The Bertz CT molecular complexity index is 117. The molecule has 0 aliphatic carbocycles. The van der Waals surface area contributed by atoms with Gasteiger partial charge in [0.05, 0.1) is 0 Å². The standard InChI is InChI=1S/C16H33/c1-4-6-8-9-10-11-12-13-15-16(3)14-7-5-2/h16H,3-15H2,1-2H3. The fourth-order valence-corrected chi connectivity index (χ4v) is 2.20. The lowest BCUT2D eigenvalue weighted by Crippen LogP contribution is -1.94. The fourth-order valence-electron chi connectivity index (χ4n) is 2.20. The summed E-state index contributed by atoms with van der Waals surface area (Å²) in [6, 6.07) is 0. The third-order valence-corrected chi connectivity index (χ3v) is 3.43. The van der Waals surface area contributed by atoms with E-state index in [2.05, 4.69) is 20.8 Å². The zero-order valence-corrected chi connectivity index (χ0v) is 11.8. The Morgan fingerprint density at radius 2 is 1.06 bits per heavy atom. The molecule has 0 rings (SSSR count). The molecule has 0 aromatic rings. The summed E-state index contributed by atoms with van der Waals surface area (Å²) in [5.74, 6) is 0.722. The second kappa shape index (κ2) is 13.1.